The molecule has 1 aromatic carbocycles. The summed E-state index contributed by atoms with van der Waals surface area (Å²) in [4.78, 5) is 21.7. The van der Waals surface area contributed by atoms with Crippen LogP contribution in [0.1, 0.15) is 23.4 Å². The van der Waals surface area contributed by atoms with Gasteiger partial charge >= 0.3 is 5.63 Å². The number of nitrogens with zero attached hydrogens (tertiary/aromatic N) is 3. The van der Waals surface area contributed by atoms with Crippen molar-refractivity contribution >= 4 is 16.6 Å². The van der Waals surface area contributed by atoms with Crippen LogP contribution in [-0.4, -0.2) is 39.2 Å². The summed E-state index contributed by atoms with van der Waals surface area (Å²) in [5.74, 6) is 0. The second kappa shape index (κ2) is 8.14. The molecule has 3 aromatic heterocycles. The zero-order chi connectivity index (χ0) is 20.4. The van der Waals surface area contributed by atoms with Gasteiger partial charge < -0.3 is 19.2 Å². The normalized spacial score (nSPS) is 11.6. The summed E-state index contributed by atoms with van der Waals surface area (Å²) in [6.45, 7) is 5.42. The number of hydrogen-bond acceptors (Lipinski definition) is 6. The molecule has 0 unspecified atom stereocenters. The van der Waals surface area contributed by atoms with E-state index >= 15 is 0 Å². The van der Waals surface area contributed by atoms with Crippen LogP contribution in [-0.2, 0) is 6.42 Å². The minimum atomic E-state index is -0.398. The van der Waals surface area contributed by atoms with Crippen LogP contribution < -0.4 is 10.9 Å². The first-order valence-electron chi connectivity index (χ1n) is 9.77. The van der Waals surface area contributed by atoms with Gasteiger partial charge in [-0.25, -0.2) is 9.78 Å². The molecule has 0 atom stereocenters. The molecule has 0 fully saturated rings. The molecule has 7 nitrogen and oxygen atoms in total. The van der Waals surface area contributed by atoms with Gasteiger partial charge in [0.2, 0.25) is 0 Å². The van der Waals surface area contributed by atoms with Crippen LogP contribution in [0.4, 0.5) is 0 Å². The topological polar surface area (TPSA) is 92.7 Å². The van der Waals surface area contributed by atoms with Gasteiger partial charge in [-0.05, 0) is 50.9 Å². The van der Waals surface area contributed by atoms with Gasteiger partial charge in [0.15, 0.2) is 5.65 Å². The van der Waals surface area contributed by atoms with Gasteiger partial charge in [-0.15, -0.1) is 0 Å². The first-order chi connectivity index (χ1) is 14.0. The van der Waals surface area contributed by atoms with E-state index in [4.69, 9.17) is 9.52 Å². The fourth-order valence-corrected chi connectivity index (χ4v) is 3.55. The van der Waals surface area contributed by atoms with Crippen molar-refractivity contribution in [3.8, 4) is 11.3 Å². The highest BCUT2D eigenvalue weighted by Gasteiger charge is 2.13. The molecule has 0 bridgehead atoms. The lowest BCUT2D eigenvalue weighted by Gasteiger charge is -2.05. The zero-order valence-electron chi connectivity index (χ0n) is 16.6. The van der Waals surface area contributed by atoms with Crippen molar-refractivity contribution < 1.29 is 9.52 Å². The number of benzene rings is 1. The fourth-order valence-electron chi connectivity index (χ4n) is 3.55. The van der Waals surface area contributed by atoms with Gasteiger partial charge in [-0.1, -0.05) is 12.1 Å². The van der Waals surface area contributed by atoms with E-state index in [0.29, 0.717) is 23.4 Å². The van der Waals surface area contributed by atoms with E-state index in [1.165, 1.54) is 0 Å². The zero-order valence-corrected chi connectivity index (χ0v) is 16.6. The van der Waals surface area contributed by atoms with Gasteiger partial charge in [-0.2, -0.15) is 0 Å². The number of imidazole rings is 1. The Morgan fingerprint density at radius 1 is 1.14 bits per heavy atom. The minimum Gasteiger partial charge on any atom is -0.422 e. The van der Waals surface area contributed by atoms with Crippen molar-refractivity contribution in [2.45, 2.75) is 26.7 Å². The highest BCUT2D eigenvalue weighted by molar-refractivity contribution is 5.81. The Morgan fingerprint density at radius 2 is 2.00 bits per heavy atom. The molecule has 3 heterocycles. The quantitative estimate of drug-likeness (QED) is 0.371. The molecule has 2 N–H and O–H groups in total. The Balaban J connectivity index is 1.63. The molecule has 0 radical (unpaired) electrons. The SMILES string of the molecule is Cc1cn2cc(-c3cc4ccc(CCCNCCO)cc4oc3=O)nc2c(C)n1. The molecule has 29 heavy (non-hydrogen) atoms. The number of nitrogens with one attached hydrogen (secondary N) is 1. The summed E-state index contributed by atoms with van der Waals surface area (Å²) in [5, 5.41) is 12.8. The standard InChI is InChI=1S/C22H24N4O3/c1-14-12-26-13-19(25-21(26)15(2)24-14)18-11-17-6-5-16(4-3-7-23-8-9-27)10-20(17)29-22(18)28/h5-6,10-13,23,27H,3-4,7-9H2,1-2H3. The van der Waals surface area contributed by atoms with Crippen LogP contribution in [0.5, 0.6) is 0 Å². The van der Waals surface area contributed by atoms with Crippen molar-refractivity contribution in [3.05, 3.63) is 64.0 Å². The molecule has 7 heteroatoms. The van der Waals surface area contributed by atoms with E-state index < -0.39 is 5.63 Å². The van der Waals surface area contributed by atoms with E-state index in [1.807, 2.05) is 48.8 Å². The third-order valence-electron chi connectivity index (χ3n) is 4.91. The van der Waals surface area contributed by atoms with Crippen molar-refractivity contribution in [1.82, 2.24) is 19.7 Å². The number of hydrogen-bond donors (Lipinski definition) is 2. The van der Waals surface area contributed by atoms with Crippen molar-refractivity contribution in [2.75, 3.05) is 19.7 Å². The molecular formula is C22H24N4O3. The van der Waals surface area contributed by atoms with Gasteiger partial charge in [0.25, 0.3) is 0 Å². The molecule has 4 rings (SSSR count). The summed E-state index contributed by atoms with van der Waals surface area (Å²) in [7, 11) is 0. The van der Waals surface area contributed by atoms with Gasteiger partial charge in [0.1, 0.15) is 5.58 Å². The monoisotopic (exact) mass is 392 g/mol. The smallest absolute Gasteiger partial charge is 0.345 e. The third-order valence-corrected chi connectivity index (χ3v) is 4.91. The molecule has 150 valence electrons. The molecule has 0 saturated heterocycles. The summed E-state index contributed by atoms with van der Waals surface area (Å²) < 4.78 is 7.51. The lowest BCUT2D eigenvalue weighted by atomic mass is 10.1. The lowest BCUT2D eigenvalue weighted by Crippen LogP contribution is -2.19. The number of aliphatic hydroxyl groups is 1. The van der Waals surface area contributed by atoms with Crippen LogP contribution in [0.15, 0.2) is 45.9 Å². The maximum atomic E-state index is 12.6. The number of aromatic nitrogens is 3. The highest BCUT2D eigenvalue weighted by atomic mass is 16.4. The van der Waals surface area contributed by atoms with E-state index in [9.17, 15) is 4.79 Å². The molecule has 0 aliphatic heterocycles. The number of rotatable bonds is 7. The Hall–Kier alpha value is -3.03. The number of aliphatic hydroxyl groups excluding tert-OH is 1. The molecule has 4 aromatic rings. The summed E-state index contributed by atoms with van der Waals surface area (Å²) in [6.07, 6.45) is 5.55. The van der Waals surface area contributed by atoms with Crippen LogP contribution >= 0.6 is 0 Å². The second-order valence-electron chi connectivity index (χ2n) is 7.22. The number of fused-ring (bicyclic) bond motifs is 2. The first kappa shape index (κ1) is 19.3. The van der Waals surface area contributed by atoms with Crippen molar-refractivity contribution in [3.63, 3.8) is 0 Å². The largest absolute Gasteiger partial charge is 0.422 e. The molecule has 0 saturated carbocycles. The Morgan fingerprint density at radius 3 is 2.83 bits per heavy atom. The van der Waals surface area contributed by atoms with Crippen molar-refractivity contribution in [1.29, 1.82) is 0 Å². The summed E-state index contributed by atoms with van der Waals surface area (Å²) in [6, 6.07) is 7.79. The van der Waals surface area contributed by atoms with E-state index in [1.54, 1.807) is 0 Å². The fraction of sp³-hybridized carbons (Fsp3) is 0.318. The third kappa shape index (κ3) is 4.06. The Bertz CT molecular complexity index is 1230. The van der Waals surface area contributed by atoms with Crippen LogP contribution in [0.3, 0.4) is 0 Å². The summed E-state index contributed by atoms with van der Waals surface area (Å²) >= 11 is 0. The van der Waals surface area contributed by atoms with E-state index in [-0.39, 0.29) is 6.61 Å². The highest BCUT2D eigenvalue weighted by Crippen LogP contribution is 2.23. The molecule has 0 spiro atoms. The molecule has 0 aliphatic rings. The lowest BCUT2D eigenvalue weighted by molar-refractivity contribution is 0.292. The predicted octanol–water partition coefficient (Wildman–Crippen LogP) is 2.63. The maximum absolute atomic E-state index is 12.6. The van der Waals surface area contributed by atoms with Crippen molar-refractivity contribution in [2.24, 2.45) is 0 Å². The molecular weight excluding hydrogens is 368 g/mol. The Kier molecular flexibility index (Phi) is 5.42. The minimum absolute atomic E-state index is 0.144. The van der Waals surface area contributed by atoms with E-state index in [2.05, 4.69) is 21.4 Å². The van der Waals surface area contributed by atoms with E-state index in [0.717, 1.165) is 47.4 Å². The predicted molar refractivity (Wildman–Crippen MR) is 112 cm³/mol. The molecule has 0 aliphatic carbocycles. The van der Waals surface area contributed by atoms with Crippen LogP contribution in [0, 0.1) is 13.8 Å². The van der Waals surface area contributed by atoms with Gasteiger partial charge in [0, 0.05) is 24.3 Å². The van der Waals surface area contributed by atoms with Crippen LogP contribution in [0.2, 0.25) is 0 Å². The summed E-state index contributed by atoms with van der Waals surface area (Å²) in [5.41, 5.74) is 4.76. The average Bonchev–Trinajstić information content (AvgIpc) is 3.11. The number of aryl methyl sites for hydroxylation is 3. The maximum Gasteiger partial charge on any atom is 0.345 e. The second-order valence-corrected chi connectivity index (χ2v) is 7.22. The van der Waals surface area contributed by atoms with Gasteiger partial charge in [0.05, 0.1) is 29.3 Å². The van der Waals surface area contributed by atoms with Crippen LogP contribution in [0.25, 0.3) is 27.9 Å². The first-order valence-corrected chi connectivity index (χ1v) is 9.77. The molecule has 0 amide bonds. The Labute approximate surface area is 168 Å². The van der Waals surface area contributed by atoms with Gasteiger partial charge in [-0.3, -0.25) is 4.98 Å². The average molecular weight is 392 g/mol.